The molecule has 0 aromatic heterocycles. The first-order valence-electron chi connectivity index (χ1n) is 12.2. The number of hydrogen-bond acceptors (Lipinski definition) is 4. The molecule has 0 bridgehead atoms. The van der Waals surface area contributed by atoms with E-state index < -0.39 is 34.3 Å². The van der Waals surface area contributed by atoms with Gasteiger partial charge in [-0.1, -0.05) is 60.1 Å². The molecule has 0 spiro atoms. The molecule has 0 saturated carbocycles. The van der Waals surface area contributed by atoms with Crippen LogP contribution in [0, 0.1) is 5.82 Å². The largest absolute Gasteiger partial charge is 0.352 e. The lowest BCUT2D eigenvalue weighted by Gasteiger charge is -2.32. The zero-order valence-electron chi connectivity index (χ0n) is 21.5. The van der Waals surface area contributed by atoms with E-state index in [0.717, 1.165) is 22.0 Å². The summed E-state index contributed by atoms with van der Waals surface area (Å²) in [5, 5.41) is 2.52. The molecule has 0 unspecified atom stereocenters. The number of benzene rings is 3. The minimum Gasteiger partial charge on any atom is -0.352 e. The van der Waals surface area contributed by atoms with Crippen molar-refractivity contribution in [3.63, 3.8) is 0 Å². The summed E-state index contributed by atoms with van der Waals surface area (Å²) in [7, 11) is -4.24. The number of rotatable bonds is 11. The number of nitrogens with one attached hydrogen (secondary N) is 1. The summed E-state index contributed by atoms with van der Waals surface area (Å²) in [6.45, 7) is 4.79. The highest BCUT2D eigenvalue weighted by molar-refractivity contribution is 7.92. The lowest BCUT2D eigenvalue weighted by Crippen LogP contribution is -2.53. The molecule has 202 valence electrons. The Kier molecular flexibility index (Phi) is 9.88. The second-order valence-electron chi connectivity index (χ2n) is 9.09. The summed E-state index contributed by atoms with van der Waals surface area (Å²) < 4.78 is 42.1. The van der Waals surface area contributed by atoms with E-state index >= 15 is 0 Å². The van der Waals surface area contributed by atoms with E-state index in [0.29, 0.717) is 6.42 Å². The average Bonchev–Trinajstić information content (AvgIpc) is 2.89. The van der Waals surface area contributed by atoms with Crippen LogP contribution in [0.4, 0.5) is 10.1 Å². The first kappa shape index (κ1) is 29.1. The van der Waals surface area contributed by atoms with Gasteiger partial charge in [-0.15, -0.1) is 0 Å². The molecule has 0 radical (unpaired) electrons. The zero-order valence-corrected chi connectivity index (χ0v) is 23.0. The molecular formula is C28H31ClFN3O4S. The molecule has 0 aliphatic rings. The number of anilines is 1. The van der Waals surface area contributed by atoms with Gasteiger partial charge in [0.05, 0.1) is 15.6 Å². The maximum atomic E-state index is 13.9. The number of nitrogens with zero attached hydrogens (tertiary/aromatic N) is 2. The second-order valence-corrected chi connectivity index (χ2v) is 11.4. The van der Waals surface area contributed by atoms with E-state index in [1.165, 1.54) is 23.1 Å². The van der Waals surface area contributed by atoms with Gasteiger partial charge in [0, 0.05) is 12.6 Å². The first-order valence-corrected chi connectivity index (χ1v) is 14.0. The number of carbonyl (C=O) groups is 2. The number of hydrogen-bond donors (Lipinski definition) is 1. The molecule has 1 atom stereocenters. The quantitative estimate of drug-likeness (QED) is 0.370. The molecule has 1 N–H and O–H groups in total. The third-order valence-corrected chi connectivity index (χ3v) is 7.96. The van der Waals surface area contributed by atoms with Crippen LogP contribution in [0.15, 0.2) is 83.8 Å². The van der Waals surface area contributed by atoms with Crippen molar-refractivity contribution >= 4 is 39.1 Å². The predicted molar refractivity (Wildman–Crippen MR) is 147 cm³/mol. The van der Waals surface area contributed by atoms with Crippen molar-refractivity contribution < 1.29 is 22.4 Å². The van der Waals surface area contributed by atoms with Gasteiger partial charge in [-0.2, -0.15) is 0 Å². The van der Waals surface area contributed by atoms with Crippen LogP contribution in [0.25, 0.3) is 0 Å². The Balaban J connectivity index is 1.99. The smallest absolute Gasteiger partial charge is 0.264 e. The third kappa shape index (κ3) is 7.33. The van der Waals surface area contributed by atoms with Crippen LogP contribution in [0.3, 0.4) is 0 Å². The van der Waals surface area contributed by atoms with E-state index in [-0.39, 0.29) is 34.1 Å². The van der Waals surface area contributed by atoms with Gasteiger partial charge in [0.1, 0.15) is 18.4 Å². The van der Waals surface area contributed by atoms with Gasteiger partial charge in [-0.25, -0.2) is 12.8 Å². The standard InChI is InChI=1S/C28H31ClFN3O4S/c1-20(2)31-28(35)21(3)32(17-16-22-10-6-4-7-11-22)27(34)19-33(23-14-15-26(30)25(29)18-23)38(36,37)24-12-8-5-9-13-24/h4-15,18,20-21H,16-17,19H2,1-3H3,(H,31,35)/t21-/m0/s1. The Hall–Kier alpha value is -3.43. The summed E-state index contributed by atoms with van der Waals surface area (Å²) >= 11 is 5.97. The Morgan fingerprint density at radius 2 is 1.55 bits per heavy atom. The van der Waals surface area contributed by atoms with Gasteiger partial charge >= 0.3 is 0 Å². The molecule has 0 saturated heterocycles. The average molecular weight is 560 g/mol. The molecule has 0 aliphatic heterocycles. The molecule has 0 heterocycles. The Morgan fingerprint density at radius 3 is 2.13 bits per heavy atom. The number of sulfonamides is 1. The van der Waals surface area contributed by atoms with E-state index in [1.807, 2.05) is 44.2 Å². The van der Waals surface area contributed by atoms with Crippen LogP contribution in [0.5, 0.6) is 0 Å². The van der Waals surface area contributed by atoms with Crippen LogP contribution in [-0.4, -0.2) is 50.3 Å². The molecule has 2 amide bonds. The van der Waals surface area contributed by atoms with Gasteiger partial charge < -0.3 is 10.2 Å². The molecule has 3 aromatic carbocycles. The van der Waals surface area contributed by atoms with Crippen molar-refractivity contribution in [3.05, 3.63) is 95.3 Å². The van der Waals surface area contributed by atoms with Gasteiger partial charge in [0.2, 0.25) is 11.8 Å². The third-order valence-electron chi connectivity index (χ3n) is 5.88. The fourth-order valence-corrected chi connectivity index (χ4v) is 5.47. The predicted octanol–water partition coefficient (Wildman–Crippen LogP) is 4.66. The molecule has 0 aliphatic carbocycles. The molecule has 10 heteroatoms. The molecule has 38 heavy (non-hydrogen) atoms. The number of carbonyl (C=O) groups excluding carboxylic acids is 2. The van der Waals surface area contributed by atoms with Gasteiger partial charge in [-0.05, 0) is 63.1 Å². The number of halogens is 2. The fraction of sp³-hybridized carbons (Fsp3) is 0.286. The van der Waals surface area contributed by atoms with E-state index in [9.17, 15) is 22.4 Å². The van der Waals surface area contributed by atoms with Crippen molar-refractivity contribution in [2.75, 3.05) is 17.4 Å². The van der Waals surface area contributed by atoms with Crippen molar-refractivity contribution in [2.24, 2.45) is 0 Å². The monoisotopic (exact) mass is 559 g/mol. The summed E-state index contributed by atoms with van der Waals surface area (Å²) in [6, 6.07) is 19.5. The highest BCUT2D eigenvalue weighted by Crippen LogP contribution is 2.28. The van der Waals surface area contributed by atoms with Crippen LogP contribution < -0.4 is 9.62 Å². The van der Waals surface area contributed by atoms with Crippen LogP contribution in [-0.2, 0) is 26.0 Å². The van der Waals surface area contributed by atoms with Crippen molar-refractivity contribution in [1.29, 1.82) is 0 Å². The highest BCUT2D eigenvalue weighted by atomic mass is 35.5. The lowest BCUT2D eigenvalue weighted by atomic mass is 10.1. The van der Waals surface area contributed by atoms with Crippen LogP contribution in [0.2, 0.25) is 5.02 Å². The van der Waals surface area contributed by atoms with Crippen molar-refractivity contribution in [3.8, 4) is 0 Å². The summed E-state index contributed by atoms with van der Waals surface area (Å²) in [5.74, 6) is -1.67. The van der Waals surface area contributed by atoms with Crippen molar-refractivity contribution in [1.82, 2.24) is 10.2 Å². The molecule has 7 nitrogen and oxygen atoms in total. The second kappa shape index (κ2) is 12.9. The molecular weight excluding hydrogens is 529 g/mol. The SMILES string of the molecule is CC(C)NC(=O)[C@H](C)N(CCc1ccccc1)C(=O)CN(c1ccc(F)c(Cl)c1)S(=O)(=O)c1ccccc1. The van der Waals surface area contributed by atoms with Gasteiger partial charge in [0.15, 0.2) is 0 Å². The zero-order chi connectivity index (χ0) is 27.9. The highest BCUT2D eigenvalue weighted by Gasteiger charge is 2.32. The summed E-state index contributed by atoms with van der Waals surface area (Å²) in [4.78, 5) is 27.9. The molecule has 0 fully saturated rings. The van der Waals surface area contributed by atoms with Crippen LogP contribution >= 0.6 is 11.6 Å². The Labute approximate surface area is 228 Å². The summed E-state index contributed by atoms with van der Waals surface area (Å²) in [5.41, 5.74) is 0.983. The van der Waals surface area contributed by atoms with E-state index in [1.54, 1.807) is 25.1 Å². The first-order chi connectivity index (χ1) is 18.0. The lowest BCUT2D eigenvalue weighted by molar-refractivity contribution is -0.139. The Morgan fingerprint density at radius 1 is 0.947 bits per heavy atom. The number of amides is 2. The van der Waals surface area contributed by atoms with Gasteiger partial charge in [0.25, 0.3) is 10.0 Å². The minimum atomic E-state index is -4.24. The molecule has 3 aromatic rings. The fourth-order valence-electron chi connectivity index (χ4n) is 3.86. The summed E-state index contributed by atoms with van der Waals surface area (Å²) in [6.07, 6.45) is 0.458. The molecule has 3 rings (SSSR count). The van der Waals surface area contributed by atoms with Gasteiger partial charge in [-0.3, -0.25) is 13.9 Å². The maximum Gasteiger partial charge on any atom is 0.264 e. The maximum absolute atomic E-state index is 13.9. The minimum absolute atomic E-state index is 0.0240. The van der Waals surface area contributed by atoms with E-state index in [2.05, 4.69) is 5.32 Å². The van der Waals surface area contributed by atoms with E-state index in [4.69, 9.17) is 11.6 Å². The normalized spacial score (nSPS) is 12.2. The van der Waals surface area contributed by atoms with Crippen molar-refractivity contribution in [2.45, 2.75) is 44.2 Å². The Bertz CT molecular complexity index is 1360. The topological polar surface area (TPSA) is 86.8 Å². The van der Waals surface area contributed by atoms with Crippen LogP contribution in [0.1, 0.15) is 26.3 Å².